The van der Waals surface area contributed by atoms with Crippen LogP contribution in [0.2, 0.25) is 0 Å². The van der Waals surface area contributed by atoms with E-state index < -0.39 is 0 Å². The fourth-order valence-corrected chi connectivity index (χ4v) is 1.01. The molecule has 0 atom stereocenters. The number of hydrogen-bond acceptors (Lipinski definition) is 1. The summed E-state index contributed by atoms with van der Waals surface area (Å²) in [7, 11) is 0. The number of nitrogens with zero attached hydrogens (tertiary/aromatic N) is 2. The van der Waals surface area contributed by atoms with Crippen LogP contribution in [-0.2, 0) is 0 Å². The highest BCUT2D eigenvalue weighted by molar-refractivity contribution is 5.46. The molecule has 0 N–H and O–H groups in total. The number of aryl methyl sites for hydroxylation is 1. The molecule has 10 heavy (non-hydrogen) atoms. The zero-order chi connectivity index (χ0) is 6.97. The summed E-state index contributed by atoms with van der Waals surface area (Å²) in [6.45, 7) is 1.98. The Morgan fingerprint density at radius 2 is 2.50 bits per heavy atom. The molecule has 1 radical (unpaired) electrons. The Balaban J connectivity index is 2.88. The average molecular weight is 131 g/mol. The van der Waals surface area contributed by atoms with E-state index in [0.717, 1.165) is 11.2 Å². The van der Waals surface area contributed by atoms with Crippen molar-refractivity contribution in [3.63, 3.8) is 0 Å². The lowest BCUT2D eigenvalue weighted by atomic mass is 10.4. The van der Waals surface area contributed by atoms with Gasteiger partial charge in [-0.1, -0.05) is 0 Å². The van der Waals surface area contributed by atoms with Crippen LogP contribution in [0.4, 0.5) is 0 Å². The molecule has 0 bridgehead atoms. The van der Waals surface area contributed by atoms with Crippen LogP contribution >= 0.6 is 0 Å². The molecular formula is C8H7N2. The molecule has 0 spiro atoms. The highest BCUT2D eigenvalue weighted by Gasteiger charge is 1.92. The van der Waals surface area contributed by atoms with Gasteiger partial charge < -0.3 is 0 Å². The number of hydrogen-bond donors (Lipinski definition) is 0. The van der Waals surface area contributed by atoms with E-state index in [0.29, 0.717) is 0 Å². The highest BCUT2D eigenvalue weighted by Crippen LogP contribution is 2.02. The van der Waals surface area contributed by atoms with E-state index in [9.17, 15) is 0 Å². The largest absolute Gasteiger partial charge is 0.241 e. The van der Waals surface area contributed by atoms with Gasteiger partial charge in [-0.3, -0.25) is 0 Å². The van der Waals surface area contributed by atoms with Crippen molar-refractivity contribution in [3.05, 3.63) is 36.2 Å². The second-order valence-corrected chi connectivity index (χ2v) is 2.28. The molecule has 0 saturated heterocycles. The standard InChI is InChI=1S/C8H7N2/c1-7-6-8-4-2-3-5-10(8)9-7/h3-6H,1H3. The van der Waals surface area contributed by atoms with E-state index in [1.54, 1.807) is 0 Å². The second-order valence-electron chi connectivity index (χ2n) is 2.28. The Labute approximate surface area is 59.1 Å². The minimum atomic E-state index is 1.04. The molecule has 2 aromatic heterocycles. The van der Waals surface area contributed by atoms with Gasteiger partial charge in [-0.05, 0) is 31.2 Å². The quantitative estimate of drug-likeness (QED) is 0.529. The van der Waals surface area contributed by atoms with Gasteiger partial charge >= 0.3 is 0 Å². The molecule has 2 aromatic rings. The van der Waals surface area contributed by atoms with Gasteiger partial charge in [-0.15, -0.1) is 0 Å². The Morgan fingerprint density at radius 1 is 1.60 bits per heavy atom. The van der Waals surface area contributed by atoms with Crippen molar-refractivity contribution in [2.24, 2.45) is 0 Å². The summed E-state index contributed by atoms with van der Waals surface area (Å²) in [6, 6.07) is 8.78. The zero-order valence-corrected chi connectivity index (χ0v) is 5.70. The normalized spacial score (nSPS) is 10.5. The van der Waals surface area contributed by atoms with Gasteiger partial charge in [0.15, 0.2) is 0 Å². The predicted molar refractivity (Wildman–Crippen MR) is 38.8 cm³/mol. The minimum Gasteiger partial charge on any atom is -0.241 e. The second kappa shape index (κ2) is 1.84. The lowest BCUT2D eigenvalue weighted by molar-refractivity contribution is 0.934. The van der Waals surface area contributed by atoms with Crippen molar-refractivity contribution in [2.75, 3.05) is 0 Å². The van der Waals surface area contributed by atoms with E-state index >= 15 is 0 Å². The van der Waals surface area contributed by atoms with Gasteiger partial charge in [-0.2, -0.15) is 5.10 Å². The summed E-state index contributed by atoms with van der Waals surface area (Å²) in [6.07, 6.45) is 1.89. The van der Waals surface area contributed by atoms with Crippen LogP contribution in [-0.4, -0.2) is 9.61 Å². The number of fused-ring (bicyclic) bond motifs is 1. The Bertz CT molecular complexity index is 316. The van der Waals surface area contributed by atoms with Crippen molar-refractivity contribution in [2.45, 2.75) is 6.92 Å². The summed E-state index contributed by atoms with van der Waals surface area (Å²) in [5.74, 6) is 0. The maximum atomic E-state index is 4.21. The Morgan fingerprint density at radius 3 is 3.30 bits per heavy atom. The molecule has 2 nitrogen and oxygen atoms in total. The molecule has 0 saturated carbocycles. The summed E-state index contributed by atoms with van der Waals surface area (Å²) in [4.78, 5) is 0. The predicted octanol–water partition coefficient (Wildman–Crippen LogP) is 1.44. The third kappa shape index (κ3) is 0.692. The number of rotatable bonds is 0. The number of pyridine rings is 1. The first-order chi connectivity index (χ1) is 4.86. The molecule has 2 heterocycles. The molecule has 0 aromatic carbocycles. The van der Waals surface area contributed by atoms with E-state index in [1.165, 1.54) is 0 Å². The van der Waals surface area contributed by atoms with Crippen LogP contribution in [0.25, 0.3) is 5.52 Å². The first-order valence-corrected chi connectivity index (χ1v) is 3.18. The summed E-state index contributed by atoms with van der Waals surface area (Å²) in [5.41, 5.74) is 2.14. The van der Waals surface area contributed by atoms with Gasteiger partial charge in [0.25, 0.3) is 0 Å². The molecule has 0 fully saturated rings. The molecule has 0 aliphatic carbocycles. The van der Waals surface area contributed by atoms with Crippen LogP contribution in [0.1, 0.15) is 5.69 Å². The van der Waals surface area contributed by atoms with Gasteiger partial charge in [0.05, 0.1) is 11.2 Å². The van der Waals surface area contributed by atoms with Crippen LogP contribution in [0.5, 0.6) is 0 Å². The minimum absolute atomic E-state index is 1.04. The van der Waals surface area contributed by atoms with Crippen molar-refractivity contribution in [1.82, 2.24) is 9.61 Å². The topological polar surface area (TPSA) is 17.3 Å². The molecule has 0 aliphatic heterocycles. The van der Waals surface area contributed by atoms with E-state index in [4.69, 9.17) is 0 Å². The molecule has 0 unspecified atom stereocenters. The number of aromatic nitrogens is 2. The highest BCUT2D eigenvalue weighted by atomic mass is 15.2. The summed E-state index contributed by atoms with van der Waals surface area (Å²) in [5, 5.41) is 4.21. The molecule has 0 amide bonds. The van der Waals surface area contributed by atoms with Crippen LogP contribution in [0.15, 0.2) is 24.4 Å². The van der Waals surface area contributed by atoms with Gasteiger partial charge in [0, 0.05) is 6.20 Å². The third-order valence-electron chi connectivity index (χ3n) is 1.43. The Kier molecular flexibility index (Phi) is 1.01. The van der Waals surface area contributed by atoms with E-state index in [-0.39, 0.29) is 0 Å². The summed E-state index contributed by atoms with van der Waals surface area (Å²) >= 11 is 0. The lowest BCUT2D eigenvalue weighted by Gasteiger charge is -1.86. The van der Waals surface area contributed by atoms with E-state index in [2.05, 4.69) is 11.2 Å². The first-order valence-electron chi connectivity index (χ1n) is 3.18. The van der Waals surface area contributed by atoms with Gasteiger partial charge in [0.2, 0.25) is 0 Å². The summed E-state index contributed by atoms with van der Waals surface area (Å²) < 4.78 is 1.84. The van der Waals surface area contributed by atoms with Crippen LogP contribution in [0.3, 0.4) is 0 Å². The third-order valence-corrected chi connectivity index (χ3v) is 1.43. The first kappa shape index (κ1) is 5.47. The van der Waals surface area contributed by atoms with Crippen LogP contribution in [0, 0.1) is 13.0 Å². The van der Waals surface area contributed by atoms with Gasteiger partial charge in [0.1, 0.15) is 0 Å². The van der Waals surface area contributed by atoms with Crippen molar-refractivity contribution in [3.8, 4) is 0 Å². The molecule has 49 valence electrons. The van der Waals surface area contributed by atoms with Crippen molar-refractivity contribution in [1.29, 1.82) is 0 Å². The monoisotopic (exact) mass is 131 g/mol. The Hall–Kier alpha value is -1.31. The lowest BCUT2D eigenvalue weighted by Crippen LogP contribution is -1.83. The van der Waals surface area contributed by atoms with E-state index in [1.807, 2.05) is 35.8 Å². The molecule has 0 aliphatic rings. The zero-order valence-electron chi connectivity index (χ0n) is 5.70. The van der Waals surface area contributed by atoms with Crippen LogP contribution < -0.4 is 0 Å². The van der Waals surface area contributed by atoms with Crippen molar-refractivity contribution >= 4 is 5.52 Å². The fourth-order valence-electron chi connectivity index (χ4n) is 1.01. The molecular weight excluding hydrogens is 124 g/mol. The smallest absolute Gasteiger partial charge is 0.0670 e. The maximum Gasteiger partial charge on any atom is 0.0670 e. The molecule has 2 heteroatoms. The average Bonchev–Trinajstić information content (AvgIpc) is 2.27. The van der Waals surface area contributed by atoms with Gasteiger partial charge in [-0.25, -0.2) is 4.52 Å². The van der Waals surface area contributed by atoms with Crippen molar-refractivity contribution < 1.29 is 0 Å². The maximum absolute atomic E-state index is 4.21. The SMILES string of the molecule is Cc1cc2c[c]ccn2n1. The fraction of sp³-hybridized carbons (Fsp3) is 0.125. The molecule has 2 rings (SSSR count).